The lowest BCUT2D eigenvalue weighted by Crippen LogP contribution is -2.58. The molecule has 32 heavy (non-hydrogen) atoms. The van der Waals surface area contributed by atoms with Crippen LogP contribution in [0.4, 0.5) is 5.69 Å². The van der Waals surface area contributed by atoms with Crippen molar-refractivity contribution < 1.29 is 9.53 Å². The number of methoxy groups -OCH3 is 1. The summed E-state index contributed by atoms with van der Waals surface area (Å²) in [5, 5.41) is 10.2. The van der Waals surface area contributed by atoms with Gasteiger partial charge in [0.2, 0.25) is 5.91 Å². The normalized spacial score (nSPS) is 20.4. The molecule has 0 aliphatic carbocycles. The van der Waals surface area contributed by atoms with Crippen LogP contribution in [0, 0.1) is 26.7 Å². The molecule has 1 N–H and O–H groups in total. The first-order valence-electron chi connectivity index (χ1n) is 11.6. The summed E-state index contributed by atoms with van der Waals surface area (Å²) in [6.45, 7) is 11.5. The highest BCUT2D eigenvalue weighted by Crippen LogP contribution is 2.42. The summed E-state index contributed by atoms with van der Waals surface area (Å²) in [5.74, 6) is -0.0325. The Hall–Kier alpha value is -2.66. The number of rotatable bonds is 9. The molecule has 2 aromatic carbocycles. The maximum atomic E-state index is 13.7. The quantitative estimate of drug-likeness (QED) is 0.553. The number of hydrazone groups is 1. The van der Waals surface area contributed by atoms with E-state index in [0.717, 1.165) is 41.8 Å². The SMILES string of the molecule is CCCCC1C(c2ccc(C)cc2)=NN(c2ccc(C)cc2C)C1(C)C(=O)NCCOC. The van der Waals surface area contributed by atoms with Crippen molar-refractivity contribution in [2.75, 3.05) is 25.3 Å². The van der Waals surface area contributed by atoms with E-state index in [4.69, 9.17) is 9.84 Å². The number of nitrogens with zero attached hydrogens (tertiary/aromatic N) is 2. The van der Waals surface area contributed by atoms with Crippen LogP contribution in [0.1, 0.15) is 55.4 Å². The topological polar surface area (TPSA) is 53.9 Å². The number of anilines is 1. The van der Waals surface area contributed by atoms with Crippen molar-refractivity contribution in [3.63, 3.8) is 0 Å². The van der Waals surface area contributed by atoms with Crippen molar-refractivity contribution in [3.05, 3.63) is 64.7 Å². The molecule has 2 atom stereocenters. The maximum absolute atomic E-state index is 13.7. The standard InChI is InChI=1S/C27H37N3O2/c1-7-8-9-23-25(22-13-10-19(2)11-14-22)29-30(24-15-12-20(3)18-21(24)4)27(23,5)26(31)28-16-17-32-6/h10-15,18,23H,7-9,16-17H2,1-6H3,(H,28,31). The smallest absolute Gasteiger partial charge is 0.248 e. The number of carbonyl (C=O) groups excluding carboxylic acids is 1. The molecule has 2 aromatic rings. The Bertz CT molecular complexity index is 967. The van der Waals surface area contributed by atoms with Crippen LogP contribution in [0.5, 0.6) is 0 Å². The first-order chi connectivity index (χ1) is 15.3. The summed E-state index contributed by atoms with van der Waals surface area (Å²) >= 11 is 0. The molecule has 0 fully saturated rings. The molecule has 2 unspecified atom stereocenters. The van der Waals surface area contributed by atoms with E-state index in [0.29, 0.717) is 13.2 Å². The summed E-state index contributed by atoms with van der Waals surface area (Å²) < 4.78 is 5.17. The van der Waals surface area contributed by atoms with Gasteiger partial charge in [-0.05, 0) is 51.3 Å². The summed E-state index contributed by atoms with van der Waals surface area (Å²) in [6, 6.07) is 14.8. The lowest BCUT2D eigenvalue weighted by molar-refractivity contribution is -0.127. The van der Waals surface area contributed by atoms with Gasteiger partial charge in [-0.25, -0.2) is 5.01 Å². The highest BCUT2D eigenvalue weighted by atomic mass is 16.5. The van der Waals surface area contributed by atoms with E-state index in [2.05, 4.69) is 75.5 Å². The first-order valence-corrected chi connectivity index (χ1v) is 11.6. The molecule has 5 nitrogen and oxygen atoms in total. The molecular formula is C27H37N3O2. The van der Waals surface area contributed by atoms with Crippen molar-refractivity contribution >= 4 is 17.3 Å². The van der Waals surface area contributed by atoms with Gasteiger partial charge in [-0.2, -0.15) is 5.10 Å². The van der Waals surface area contributed by atoms with Crippen molar-refractivity contribution in [1.82, 2.24) is 5.32 Å². The lowest BCUT2D eigenvalue weighted by atomic mass is 9.76. The summed E-state index contributed by atoms with van der Waals surface area (Å²) in [6.07, 6.45) is 3.01. The lowest BCUT2D eigenvalue weighted by Gasteiger charge is -2.38. The minimum atomic E-state index is -0.830. The largest absolute Gasteiger partial charge is 0.383 e. The van der Waals surface area contributed by atoms with Crippen LogP contribution in [0.3, 0.4) is 0 Å². The van der Waals surface area contributed by atoms with Crippen LogP contribution >= 0.6 is 0 Å². The molecule has 0 bridgehead atoms. The summed E-state index contributed by atoms with van der Waals surface area (Å²) in [7, 11) is 1.65. The first kappa shape index (κ1) is 24.0. The van der Waals surface area contributed by atoms with Crippen molar-refractivity contribution in [2.24, 2.45) is 11.0 Å². The van der Waals surface area contributed by atoms with E-state index >= 15 is 0 Å². The van der Waals surface area contributed by atoms with Crippen molar-refractivity contribution in [2.45, 2.75) is 59.4 Å². The highest BCUT2D eigenvalue weighted by Gasteiger charge is 2.53. The van der Waals surface area contributed by atoms with Crippen molar-refractivity contribution in [1.29, 1.82) is 0 Å². The van der Waals surface area contributed by atoms with Crippen LogP contribution in [-0.2, 0) is 9.53 Å². The molecule has 0 aromatic heterocycles. The van der Waals surface area contributed by atoms with Gasteiger partial charge in [-0.3, -0.25) is 4.79 Å². The molecule has 1 aliphatic heterocycles. The van der Waals surface area contributed by atoms with Gasteiger partial charge in [0.15, 0.2) is 0 Å². The molecule has 172 valence electrons. The second-order valence-corrected chi connectivity index (χ2v) is 9.04. The molecule has 1 aliphatic rings. The molecule has 0 saturated carbocycles. The van der Waals surface area contributed by atoms with E-state index < -0.39 is 5.54 Å². The second kappa shape index (κ2) is 10.3. The van der Waals surface area contributed by atoms with E-state index in [1.807, 2.05) is 11.9 Å². The van der Waals surface area contributed by atoms with E-state index in [1.165, 1.54) is 11.1 Å². The Morgan fingerprint density at radius 1 is 1.12 bits per heavy atom. The van der Waals surface area contributed by atoms with Crippen molar-refractivity contribution in [3.8, 4) is 0 Å². The van der Waals surface area contributed by atoms with Gasteiger partial charge in [0.1, 0.15) is 5.54 Å². The van der Waals surface area contributed by atoms with Crippen LogP contribution in [0.15, 0.2) is 47.6 Å². The zero-order valence-electron chi connectivity index (χ0n) is 20.4. The highest BCUT2D eigenvalue weighted by molar-refractivity contribution is 6.10. The number of nitrogens with one attached hydrogen (secondary N) is 1. The molecule has 3 rings (SSSR count). The third-order valence-corrected chi connectivity index (χ3v) is 6.48. The van der Waals surface area contributed by atoms with Gasteiger partial charge in [0.25, 0.3) is 0 Å². The second-order valence-electron chi connectivity index (χ2n) is 9.04. The minimum absolute atomic E-state index is 0.0125. The number of unbranched alkanes of at least 4 members (excludes halogenated alkanes) is 1. The van der Waals surface area contributed by atoms with Gasteiger partial charge in [-0.15, -0.1) is 0 Å². The van der Waals surface area contributed by atoms with Crippen LogP contribution < -0.4 is 10.3 Å². The molecule has 0 spiro atoms. The number of benzene rings is 2. The van der Waals surface area contributed by atoms with E-state index in [1.54, 1.807) is 7.11 Å². The fourth-order valence-electron chi connectivity index (χ4n) is 4.55. The number of amides is 1. The van der Waals surface area contributed by atoms with Crippen LogP contribution in [0.25, 0.3) is 0 Å². The van der Waals surface area contributed by atoms with Gasteiger partial charge in [-0.1, -0.05) is 67.3 Å². The van der Waals surface area contributed by atoms with Gasteiger partial charge < -0.3 is 10.1 Å². The number of ether oxygens (including phenoxy) is 1. The van der Waals surface area contributed by atoms with E-state index in [-0.39, 0.29) is 11.8 Å². The number of carbonyl (C=O) groups is 1. The minimum Gasteiger partial charge on any atom is -0.383 e. The number of aryl methyl sites for hydroxylation is 3. The number of hydrogen-bond acceptors (Lipinski definition) is 4. The predicted octanol–water partition coefficient (Wildman–Crippen LogP) is 5.16. The molecule has 5 heteroatoms. The zero-order valence-corrected chi connectivity index (χ0v) is 20.4. The van der Waals surface area contributed by atoms with Gasteiger partial charge >= 0.3 is 0 Å². The summed E-state index contributed by atoms with van der Waals surface area (Å²) in [5.41, 5.74) is 5.74. The Kier molecular flexibility index (Phi) is 7.73. The Balaban J connectivity index is 2.13. The van der Waals surface area contributed by atoms with Crippen LogP contribution in [-0.4, -0.2) is 37.4 Å². The molecule has 1 heterocycles. The third kappa shape index (κ3) is 4.73. The molecule has 0 radical (unpaired) electrons. The monoisotopic (exact) mass is 435 g/mol. The predicted molar refractivity (Wildman–Crippen MR) is 132 cm³/mol. The Labute approximate surface area is 192 Å². The average molecular weight is 436 g/mol. The molecular weight excluding hydrogens is 398 g/mol. The number of hydrogen-bond donors (Lipinski definition) is 1. The Morgan fingerprint density at radius 2 is 1.81 bits per heavy atom. The molecule has 0 saturated heterocycles. The fourth-order valence-corrected chi connectivity index (χ4v) is 4.55. The maximum Gasteiger partial charge on any atom is 0.248 e. The zero-order chi connectivity index (χ0) is 23.3. The third-order valence-electron chi connectivity index (χ3n) is 6.48. The fraction of sp³-hybridized carbons (Fsp3) is 0.481. The van der Waals surface area contributed by atoms with Gasteiger partial charge in [0, 0.05) is 19.6 Å². The Morgan fingerprint density at radius 3 is 2.44 bits per heavy atom. The average Bonchev–Trinajstić information content (AvgIpc) is 3.06. The molecule has 1 amide bonds. The summed E-state index contributed by atoms with van der Waals surface area (Å²) in [4.78, 5) is 13.7. The van der Waals surface area contributed by atoms with Crippen LogP contribution in [0.2, 0.25) is 0 Å². The van der Waals surface area contributed by atoms with E-state index in [9.17, 15) is 4.79 Å². The van der Waals surface area contributed by atoms with Gasteiger partial charge in [0.05, 0.1) is 18.0 Å².